The first-order valence-corrected chi connectivity index (χ1v) is 6.79. The number of aliphatic hydroxyl groups excluding tert-OH is 1. The lowest BCUT2D eigenvalue weighted by molar-refractivity contribution is -0.376. The lowest BCUT2D eigenvalue weighted by atomic mass is 9.68. The molecular formula is C15H22O6. The maximum Gasteiger partial charge on any atom is 0.232 e. The van der Waals surface area contributed by atoms with Crippen molar-refractivity contribution in [3.63, 3.8) is 0 Å². The zero-order valence-corrected chi connectivity index (χ0v) is 12.4. The monoisotopic (exact) mass is 298 g/mol. The molecule has 1 saturated heterocycles. The van der Waals surface area contributed by atoms with E-state index in [0.717, 1.165) is 0 Å². The number of aliphatic hydroxyl groups is 4. The van der Waals surface area contributed by atoms with Gasteiger partial charge >= 0.3 is 0 Å². The van der Waals surface area contributed by atoms with Gasteiger partial charge in [-0.05, 0) is 32.9 Å². The molecule has 6 nitrogen and oxygen atoms in total. The van der Waals surface area contributed by atoms with Gasteiger partial charge in [-0.2, -0.15) is 0 Å². The molecule has 1 aliphatic heterocycles. The third kappa shape index (κ3) is 2.43. The molecule has 2 rings (SSSR count). The molecule has 1 aromatic rings. The van der Waals surface area contributed by atoms with Crippen molar-refractivity contribution in [1.82, 2.24) is 0 Å². The molecule has 1 heterocycles. The van der Waals surface area contributed by atoms with E-state index in [0.29, 0.717) is 5.75 Å². The third-order valence-electron chi connectivity index (χ3n) is 4.50. The van der Waals surface area contributed by atoms with Gasteiger partial charge < -0.3 is 29.9 Å². The maximum absolute atomic E-state index is 10.6. The van der Waals surface area contributed by atoms with E-state index in [1.54, 1.807) is 24.3 Å². The summed E-state index contributed by atoms with van der Waals surface area (Å²) in [6, 6.07) is 8.67. The average molecular weight is 298 g/mol. The summed E-state index contributed by atoms with van der Waals surface area (Å²) in [6.07, 6.45) is -2.34. The molecule has 0 unspecified atom stereocenters. The summed E-state index contributed by atoms with van der Waals surface area (Å²) in [6.45, 7) is 3.40. The Balaban J connectivity index is 2.34. The van der Waals surface area contributed by atoms with Gasteiger partial charge in [-0.15, -0.1) is 0 Å². The topological polar surface area (TPSA) is 99.4 Å². The number of benzene rings is 1. The average Bonchev–Trinajstić information content (AvgIpc) is 2.42. The van der Waals surface area contributed by atoms with Gasteiger partial charge in [0.1, 0.15) is 23.1 Å². The lowest BCUT2D eigenvalue weighted by Gasteiger charge is -2.56. The van der Waals surface area contributed by atoms with Crippen LogP contribution in [0.25, 0.3) is 0 Å². The van der Waals surface area contributed by atoms with E-state index in [1.165, 1.54) is 20.8 Å². The van der Waals surface area contributed by atoms with E-state index >= 15 is 0 Å². The molecule has 0 saturated carbocycles. The molecule has 0 aromatic heterocycles. The molecule has 6 heteroatoms. The Bertz CT molecular complexity index is 482. The summed E-state index contributed by atoms with van der Waals surface area (Å²) in [5, 5.41) is 41.1. The molecule has 0 bridgehead atoms. The zero-order valence-electron chi connectivity index (χ0n) is 12.4. The summed E-state index contributed by atoms with van der Waals surface area (Å²) in [7, 11) is 0. The largest absolute Gasteiger partial charge is 0.462 e. The first-order valence-electron chi connectivity index (χ1n) is 6.79. The van der Waals surface area contributed by atoms with Gasteiger partial charge in [0.05, 0.1) is 6.61 Å². The van der Waals surface area contributed by atoms with E-state index in [1.807, 2.05) is 6.07 Å². The van der Waals surface area contributed by atoms with E-state index < -0.39 is 35.8 Å². The molecule has 21 heavy (non-hydrogen) atoms. The van der Waals surface area contributed by atoms with Crippen LogP contribution in [0, 0.1) is 0 Å². The zero-order chi connectivity index (χ0) is 15.9. The van der Waals surface area contributed by atoms with Crippen LogP contribution in [-0.2, 0) is 4.74 Å². The maximum atomic E-state index is 10.6. The minimum atomic E-state index is -1.95. The predicted molar refractivity (Wildman–Crippen MR) is 74.7 cm³/mol. The molecule has 1 fully saturated rings. The number of para-hydroxylation sites is 1. The molecule has 5 atom stereocenters. The van der Waals surface area contributed by atoms with Gasteiger partial charge in [0.15, 0.2) is 5.60 Å². The van der Waals surface area contributed by atoms with Crippen molar-refractivity contribution in [3.05, 3.63) is 30.3 Å². The van der Waals surface area contributed by atoms with Crippen LogP contribution in [0.3, 0.4) is 0 Å². The van der Waals surface area contributed by atoms with E-state index in [4.69, 9.17) is 9.47 Å². The first kappa shape index (κ1) is 16.2. The Kier molecular flexibility index (Phi) is 4.03. The normalized spacial score (nSPS) is 43.6. The standard InChI is InChI=1S/C15H22O6/c1-13(17)11(9-16)21-12(14(2,18)15(13,3)19)20-10-7-5-4-6-8-10/h4-8,11-12,16-19H,9H2,1-3H3/t11-,12-,13+,14+,15-/m1/s1. The molecular weight excluding hydrogens is 276 g/mol. The van der Waals surface area contributed by atoms with E-state index in [2.05, 4.69) is 0 Å². The Labute approximate surface area is 123 Å². The van der Waals surface area contributed by atoms with Gasteiger partial charge in [-0.25, -0.2) is 0 Å². The van der Waals surface area contributed by atoms with Gasteiger partial charge in [-0.1, -0.05) is 18.2 Å². The molecule has 0 spiro atoms. The molecule has 1 aromatic carbocycles. The van der Waals surface area contributed by atoms with Crippen molar-refractivity contribution in [2.75, 3.05) is 6.61 Å². The minimum Gasteiger partial charge on any atom is -0.462 e. The van der Waals surface area contributed by atoms with Crippen molar-refractivity contribution in [2.24, 2.45) is 0 Å². The first-order chi connectivity index (χ1) is 9.64. The molecule has 1 aliphatic rings. The van der Waals surface area contributed by atoms with Crippen molar-refractivity contribution < 1.29 is 29.9 Å². The summed E-state index contributed by atoms with van der Waals surface area (Å²) in [5.41, 5.74) is -5.69. The molecule has 0 amide bonds. The summed E-state index contributed by atoms with van der Waals surface area (Å²) in [5.74, 6) is 0.441. The van der Waals surface area contributed by atoms with Crippen LogP contribution in [0.15, 0.2) is 30.3 Å². The van der Waals surface area contributed by atoms with Crippen LogP contribution in [0.5, 0.6) is 5.75 Å². The summed E-state index contributed by atoms with van der Waals surface area (Å²) >= 11 is 0. The van der Waals surface area contributed by atoms with Crippen LogP contribution in [0.4, 0.5) is 0 Å². The van der Waals surface area contributed by atoms with Crippen LogP contribution in [0.1, 0.15) is 20.8 Å². The molecule has 0 aliphatic carbocycles. The summed E-state index contributed by atoms with van der Waals surface area (Å²) in [4.78, 5) is 0. The highest BCUT2D eigenvalue weighted by molar-refractivity contribution is 5.23. The molecule has 118 valence electrons. The van der Waals surface area contributed by atoms with Gasteiger partial charge in [-0.3, -0.25) is 0 Å². The lowest BCUT2D eigenvalue weighted by Crippen LogP contribution is -2.78. The summed E-state index contributed by atoms with van der Waals surface area (Å²) < 4.78 is 11.1. The molecule has 4 N–H and O–H groups in total. The smallest absolute Gasteiger partial charge is 0.232 e. The van der Waals surface area contributed by atoms with Crippen LogP contribution >= 0.6 is 0 Å². The van der Waals surface area contributed by atoms with Crippen molar-refractivity contribution >= 4 is 0 Å². The molecule has 0 radical (unpaired) electrons. The highest BCUT2D eigenvalue weighted by atomic mass is 16.7. The van der Waals surface area contributed by atoms with Crippen LogP contribution in [0.2, 0.25) is 0 Å². The Hall–Kier alpha value is -1.18. The third-order valence-corrected chi connectivity index (χ3v) is 4.50. The quantitative estimate of drug-likeness (QED) is 0.628. The highest BCUT2D eigenvalue weighted by Crippen LogP contribution is 2.44. The fourth-order valence-corrected chi connectivity index (χ4v) is 2.46. The van der Waals surface area contributed by atoms with Crippen molar-refractivity contribution in [2.45, 2.75) is 50.0 Å². The second kappa shape index (κ2) is 5.23. The Morgan fingerprint density at radius 1 is 1.05 bits per heavy atom. The number of hydrogen-bond donors (Lipinski definition) is 4. The van der Waals surface area contributed by atoms with Gasteiger partial charge in [0.25, 0.3) is 0 Å². The number of ether oxygens (including phenoxy) is 2. The SMILES string of the molecule is C[C@]1(O)[C@@](C)(O)[C@H](Oc2ccccc2)O[C@H](CO)[C@]1(C)O. The van der Waals surface area contributed by atoms with Crippen molar-refractivity contribution in [3.8, 4) is 5.75 Å². The predicted octanol–water partition coefficient (Wildman–Crippen LogP) is 0.0356. The second-order valence-electron chi connectivity index (χ2n) is 5.94. The van der Waals surface area contributed by atoms with E-state index in [-0.39, 0.29) is 0 Å². The minimum absolute atomic E-state index is 0.441. The number of rotatable bonds is 3. The second-order valence-corrected chi connectivity index (χ2v) is 5.94. The fourth-order valence-electron chi connectivity index (χ4n) is 2.46. The number of hydrogen-bond acceptors (Lipinski definition) is 6. The van der Waals surface area contributed by atoms with Crippen molar-refractivity contribution in [1.29, 1.82) is 0 Å². The Morgan fingerprint density at radius 2 is 1.62 bits per heavy atom. The highest BCUT2D eigenvalue weighted by Gasteiger charge is 2.66. The van der Waals surface area contributed by atoms with Crippen LogP contribution in [-0.4, -0.2) is 56.2 Å². The van der Waals surface area contributed by atoms with E-state index in [9.17, 15) is 20.4 Å². The van der Waals surface area contributed by atoms with Gasteiger partial charge in [0, 0.05) is 0 Å². The van der Waals surface area contributed by atoms with Gasteiger partial charge in [0.2, 0.25) is 6.29 Å². The Morgan fingerprint density at radius 3 is 2.14 bits per heavy atom. The fraction of sp³-hybridized carbons (Fsp3) is 0.600. The van der Waals surface area contributed by atoms with Crippen LogP contribution < -0.4 is 4.74 Å².